The molecule has 0 amide bonds. The van der Waals surface area contributed by atoms with Gasteiger partial charge in [-0.05, 0) is 74.8 Å². The molecule has 0 spiro atoms. The van der Waals surface area contributed by atoms with Crippen LogP contribution < -0.4 is 4.90 Å². The van der Waals surface area contributed by atoms with Crippen molar-refractivity contribution in [1.82, 2.24) is 15.0 Å². The van der Waals surface area contributed by atoms with Crippen LogP contribution in [0.5, 0.6) is 0 Å². The van der Waals surface area contributed by atoms with Crippen LogP contribution in [0.4, 0.5) is 11.4 Å². The zero-order chi connectivity index (χ0) is 37.8. The van der Waals surface area contributed by atoms with Crippen molar-refractivity contribution in [3.8, 4) is 0 Å². The van der Waals surface area contributed by atoms with Crippen LogP contribution in [0.15, 0.2) is 95.9 Å². The largest absolute Gasteiger partial charge is 0.481 e. The Morgan fingerprint density at radius 1 is 0.868 bits per heavy atom. The number of para-hydroxylation sites is 2. The fourth-order valence-electron chi connectivity index (χ4n) is 8.36. The first-order chi connectivity index (χ1) is 25.4. The zero-order valence-corrected chi connectivity index (χ0v) is 31.9. The molecule has 2 aliphatic heterocycles. The van der Waals surface area contributed by atoms with Crippen molar-refractivity contribution in [1.29, 1.82) is 0 Å². The summed E-state index contributed by atoms with van der Waals surface area (Å²) in [7, 11) is 0. The number of aliphatic carboxylic acids is 2. The van der Waals surface area contributed by atoms with E-state index in [9.17, 15) is 14.7 Å². The number of anilines is 1. The molecule has 0 saturated carbocycles. The van der Waals surface area contributed by atoms with Gasteiger partial charge in [0.1, 0.15) is 6.54 Å². The number of hydrogen-bond acceptors (Lipinski definition) is 5. The van der Waals surface area contributed by atoms with Crippen molar-refractivity contribution >= 4 is 34.7 Å². The number of benzene rings is 2. The standard InChI is InChI=1S/C44H53N5O4/c1-6-28-47-36-19-11-9-17-34(36)43(2,3)38(47)25-22-31-15-14-16-32(42(31)49-30-33(45-46-49)24-27-41(52)53)23-26-39-44(4,5)35-18-10-12-20-37(35)48(39)29-13-7-8-21-40(50)51/h9-12,17-20,22-23,25-26,30H,6-8,13-16,21,24,27-29H2,1-5H3,(H-,50,51,52,53)/p+1. The average molecular weight is 717 g/mol. The van der Waals surface area contributed by atoms with Crippen molar-refractivity contribution < 1.29 is 24.4 Å². The van der Waals surface area contributed by atoms with Gasteiger partial charge < -0.3 is 15.1 Å². The molecule has 6 rings (SSSR count). The third-order valence-corrected chi connectivity index (χ3v) is 11.1. The van der Waals surface area contributed by atoms with Gasteiger partial charge in [0.25, 0.3) is 0 Å². The second kappa shape index (κ2) is 15.9. The van der Waals surface area contributed by atoms with Crippen LogP contribution in [0.3, 0.4) is 0 Å². The summed E-state index contributed by atoms with van der Waals surface area (Å²) >= 11 is 0. The van der Waals surface area contributed by atoms with Gasteiger partial charge in [0.15, 0.2) is 5.71 Å². The van der Waals surface area contributed by atoms with Crippen LogP contribution >= 0.6 is 0 Å². The van der Waals surface area contributed by atoms with E-state index in [-0.39, 0.29) is 23.7 Å². The van der Waals surface area contributed by atoms with Crippen LogP contribution in [0.2, 0.25) is 0 Å². The predicted octanol–water partition coefficient (Wildman–Crippen LogP) is 8.99. The number of carboxylic acid groups (broad SMARTS) is 2. The molecule has 1 aromatic heterocycles. The van der Waals surface area contributed by atoms with Gasteiger partial charge in [-0.1, -0.05) is 81.0 Å². The number of carboxylic acids is 2. The minimum absolute atomic E-state index is 0.00229. The van der Waals surface area contributed by atoms with Gasteiger partial charge in [-0.2, -0.15) is 4.58 Å². The number of carbonyl (C=O) groups is 2. The van der Waals surface area contributed by atoms with Crippen LogP contribution in [0.25, 0.3) is 5.70 Å². The average Bonchev–Trinajstić information content (AvgIpc) is 3.75. The summed E-state index contributed by atoms with van der Waals surface area (Å²) in [6, 6.07) is 17.3. The molecule has 3 heterocycles. The molecule has 1 aliphatic carbocycles. The number of fused-ring (bicyclic) bond motifs is 2. The van der Waals surface area contributed by atoms with Crippen LogP contribution in [0, 0.1) is 0 Å². The third-order valence-electron chi connectivity index (χ3n) is 11.1. The number of aryl methyl sites for hydroxylation is 1. The van der Waals surface area contributed by atoms with Gasteiger partial charge in [0, 0.05) is 60.3 Å². The van der Waals surface area contributed by atoms with E-state index in [2.05, 4.69) is 127 Å². The summed E-state index contributed by atoms with van der Waals surface area (Å²) in [6.45, 7) is 13.1. The van der Waals surface area contributed by atoms with E-state index >= 15 is 0 Å². The molecule has 9 nitrogen and oxygen atoms in total. The van der Waals surface area contributed by atoms with E-state index in [1.165, 1.54) is 39.5 Å². The van der Waals surface area contributed by atoms with Crippen molar-refractivity contribution in [2.75, 3.05) is 18.0 Å². The normalized spacial score (nSPS) is 19.2. The first kappa shape index (κ1) is 37.7. The van der Waals surface area contributed by atoms with Gasteiger partial charge in [0.05, 0.1) is 29.4 Å². The highest BCUT2D eigenvalue weighted by molar-refractivity contribution is 6.03. The smallest absolute Gasteiger partial charge is 0.303 e. The molecule has 0 saturated heterocycles. The maximum absolute atomic E-state index is 11.4. The number of nitrogens with zero attached hydrogens (tertiary/aromatic N) is 5. The number of rotatable bonds is 15. The van der Waals surface area contributed by atoms with Gasteiger partial charge in [0.2, 0.25) is 5.69 Å². The topological polar surface area (TPSA) is 112 Å². The first-order valence-corrected chi connectivity index (χ1v) is 19.2. The highest BCUT2D eigenvalue weighted by Crippen LogP contribution is 2.48. The van der Waals surface area contributed by atoms with Crippen LogP contribution in [-0.2, 0) is 26.8 Å². The molecule has 53 heavy (non-hydrogen) atoms. The fraction of sp³-hybridized carbons (Fsp3) is 0.432. The zero-order valence-electron chi connectivity index (χ0n) is 31.9. The van der Waals surface area contributed by atoms with Crippen molar-refractivity contribution in [3.05, 3.63) is 113 Å². The van der Waals surface area contributed by atoms with Crippen LogP contribution in [-0.4, -0.2) is 60.5 Å². The molecular weight excluding hydrogens is 663 g/mol. The number of hydrogen-bond donors (Lipinski definition) is 2. The van der Waals surface area contributed by atoms with Crippen molar-refractivity contribution in [2.45, 2.75) is 110 Å². The minimum Gasteiger partial charge on any atom is -0.481 e. The molecule has 3 aliphatic rings. The number of unbranched alkanes of at least 4 members (excludes halogenated alkanes) is 2. The molecule has 9 heteroatoms. The lowest BCUT2D eigenvalue weighted by molar-refractivity contribution is -0.437. The van der Waals surface area contributed by atoms with Gasteiger partial charge in [-0.15, -0.1) is 5.10 Å². The Morgan fingerprint density at radius 3 is 2.36 bits per heavy atom. The maximum atomic E-state index is 11.4. The lowest BCUT2D eigenvalue weighted by Crippen LogP contribution is -2.28. The van der Waals surface area contributed by atoms with Gasteiger partial charge in [-0.3, -0.25) is 9.59 Å². The molecular formula is C44H54N5O4+. The Morgan fingerprint density at radius 2 is 1.60 bits per heavy atom. The quantitative estimate of drug-likeness (QED) is 0.119. The third kappa shape index (κ3) is 7.85. The van der Waals surface area contributed by atoms with E-state index in [1.54, 1.807) is 0 Å². The van der Waals surface area contributed by atoms with E-state index in [0.29, 0.717) is 18.5 Å². The summed E-state index contributed by atoms with van der Waals surface area (Å²) in [5.41, 5.74) is 11.2. The summed E-state index contributed by atoms with van der Waals surface area (Å²) in [5, 5.41) is 27.5. The molecule has 0 radical (unpaired) electrons. The van der Waals surface area contributed by atoms with Gasteiger partial charge in [-0.25, -0.2) is 4.68 Å². The Balaban J connectivity index is 1.42. The summed E-state index contributed by atoms with van der Waals surface area (Å²) in [4.78, 5) is 24.9. The number of allylic oxidation sites excluding steroid dienone is 8. The maximum Gasteiger partial charge on any atom is 0.303 e. The summed E-state index contributed by atoms with van der Waals surface area (Å²) in [6.07, 6.45) is 17.7. The summed E-state index contributed by atoms with van der Waals surface area (Å²) in [5.74, 6) is -1.60. The van der Waals surface area contributed by atoms with Crippen molar-refractivity contribution in [3.63, 3.8) is 0 Å². The SMILES string of the molecule is CCC[N+]1=C(/C=C/C2=C(n3cc(CCC(=O)O)nn3)C(=C/C=C3/N(CCCCCC(=O)O)c4ccccc4C3(C)C)/CCC2)C(C)(C)c2ccccc21. The summed E-state index contributed by atoms with van der Waals surface area (Å²) < 4.78 is 4.32. The second-order valence-electron chi connectivity index (χ2n) is 15.5. The fourth-order valence-corrected chi connectivity index (χ4v) is 8.36. The lowest BCUT2D eigenvalue weighted by atomic mass is 9.81. The monoisotopic (exact) mass is 716 g/mol. The van der Waals surface area contributed by atoms with E-state index in [4.69, 9.17) is 5.11 Å². The van der Waals surface area contributed by atoms with Crippen molar-refractivity contribution in [2.24, 2.45) is 0 Å². The molecule has 0 fully saturated rings. The minimum atomic E-state index is -0.854. The van der Waals surface area contributed by atoms with E-state index in [1.807, 2.05) is 10.9 Å². The predicted molar refractivity (Wildman–Crippen MR) is 211 cm³/mol. The molecule has 0 unspecified atom stereocenters. The molecule has 3 aromatic rings. The van der Waals surface area contributed by atoms with E-state index in [0.717, 1.165) is 62.9 Å². The molecule has 0 atom stereocenters. The Hall–Kier alpha value is -5.05. The van der Waals surface area contributed by atoms with E-state index < -0.39 is 11.9 Å². The number of aromatic nitrogens is 3. The molecule has 278 valence electrons. The Labute approximate surface area is 313 Å². The Kier molecular flexibility index (Phi) is 11.3. The Bertz CT molecular complexity index is 2030. The first-order valence-electron chi connectivity index (χ1n) is 19.2. The molecule has 0 bridgehead atoms. The van der Waals surface area contributed by atoms with Crippen LogP contribution in [0.1, 0.15) is 109 Å². The van der Waals surface area contributed by atoms with Gasteiger partial charge >= 0.3 is 11.9 Å². The highest BCUT2D eigenvalue weighted by Gasteiger charge is 2.44. The molecule has 2 N–H and O–H groups in total. The molecule has 2 aromatic carbocycles. The lowest BCUT2D eigenvalue weighted by Gasteiger charge is -2.27. The second-order valence-corrected chi connectivity index (χ2v) is 15.5. The highest BCUT2D eigenvalue weighted by atomic mass is 16.4.